The molecule has 0 radical (unpaired) electrons. The van der Waals surface area contributed by atoms with Crippen LogP contribution in [0.2, 0.25) is 5.02 Å². The Morgan fingerprint density at radius 1 is 1.00 bits per heavy atom. The minimum Gasteiger partial charge on any atom is -0.377 e. The molecule has 2 aromatic carbocycles. The van der Waals surface area contributed by atoms with E-state index < -0.39 is 17.5 Å². The molecule has 1 N–H and O–H groups in total. The zero-order valence-electron chi connectivity index (χ0n) is 9.18. The van der Waals surface area contributed by atoms with Crippen LogP contribution in [0, 0.1) is 17.5 Å². The van der Waals surface area contributed by atoms with Crippen LogP contribution in [-0.2, 0) is 6.54 Å². The highest BCUT2D eigenvalue weighted by Gasteiger charge is 2.10. The molecular weight excluding hydrogens is 263 g/mol. The highest BCUT2D eigenvalue weighted by molar-refractivity contribution is 6.33. The van der Waals surface area contributed by atoms with Crippen molar-refractivity contribution < 1.29 is 13.2 Å². The molecule has 1 nitrogen and oxygen atoms in total. The highest BCUT2D eigenvalue weighted by Crippen LogP contribution is 2.27. The van der Waals surface area contributed by atoms with Crippen molar-refractivity contribution in [3.63, 3.8) is 0 Å². The summed E-state index contributed by atoms with van der Waals surface area (Å²) in [7, 11) is 0. The summed E-state index contributed by atoms with van der Waals surface area (Å²) in [4.78, 5) is 0. The van der Waals surface area contributed by atoms with Gasteiger partial charge in [-0.2, -0.15) is 0 Å². The second-order valence-corrected chi connectivity index (χ2v) is 4.10. The first-order valence-corrected chi connectivity index (χ1v) is 5.57. The Morgan fingerprint density at radius 3 is 2.39 bits per heavy atom. The molecule has 18 heavy (non-hydrogen) atoms. The number of nitrogens with one attached hydrogen (secondary N) is 1. The maximum Gasteiger partial charge on any atom is 0.150 e. The number of hydrogen-bond acceptors (Lipinski definition) is 1. The maximum absolute atomic E-state index is 13.4. The van der Waals surface area contributed by atoms with Crippen molar-refractivity contribution >= 4 is 17.3 Å². The van der Waals surface area contributed by atoms with Gasteiger partial charge in [0.25, 0.3) is 0 Å². The summed E-state index contributed by atoms with van der Waals surface area (Å²) in [6.45, 7) is 0.0644. The van der Waals surface area contributed by atoms with Gasteiger partial charge in [0.2, 0.25) is 0 Å². The van der Waals surface area contributed by atoms with Gasteiger partial charge in [-0.3, -0.25) is 0 Å². The van der Waals surface area contributed by atoms with E-state index in [-0.39, 0.29) is 17.3 Å². The van der Waals surface area contributed by atoms with Crippen LogP contribution in [0.15, 0.2) is 36.4 Å². The summed E-state index contributed by atoms with van der Waals surface area (Å²) in [6.07, 6.45) is 0. The van der Waals surface area contributed by atoms with E-state index in [1.807, 2.05) is 0 Å². The Morgan fingerprint density at radius 2 is 1.72 bits per heavy atom. The van der Waals surface area contributed by atoms with Crippen LogP contribution in [0.1, 0.15) is 5.56 Å². The van der Waals surface area contributed by atoms with E-state index in [9.17, 15) is 13.2 Å². The van der Waals surface area contributed by atoms with Crippen molar-refractivity contribution in [1.29, 1.82) is 0 Å². The van der Waals surface area contributed by atoms with Crippen LogP contribution in [0.5, 0.6) is 0 Å². The van der Waals surface area contributed by atoms with E-state index in [0.29, 0.717) is 5.56 Å². The molecule has 0 saturated heterocycles. The largest absolute Gasteiger partial charge is 0.377 e. The lowest BCUT2D eigenvalue weighted by atomic mass is 10.2. The highest BCUT2D eigenvalue weighted by atomic mass is 35.5. The number of hydrogen-bond donors (Lipinski definition) is 1. The van der Waals surface area contributed by atoms with Crippen molar-refractivity contribution in [2.45, 2.75) is 6.54 Å². The lowest BCUT2D eigenvalue weighted by molar-refractivity contribution is 0.584. The van der Waals surface area contributed by atoms with Crippen molar-refractivity contribution in [3.05, 3.63) is 64.4 Å². The Bertz CT molecular complexity index is 549. The predicted octanol–water partition coefficient (Wildman–Crippen LogP) is 4.37. The molecular formula is C13H9ClF3N. The standard InChI is InChI=1S/C13H9ClF3N/c14-10-5-9(15)6-12(17)13(10)18-7-8-3-1-2-4-11(8)16/h1-6,18H,7H2. The molecule has 0 unspecified atom stereocenters. The first kappa shape index (κ1) is 12.8. The molecule has 0 spiro atoms. The Hall–Kier alpha value is -1.68. The number of benzene rings is 2. The molecule has 0 aromatic heterocycles. The Kier molecular flexibility index (Phi) is 3.77. The molecule has 0 atom stereocenters. The first-order valence-electron chi connectivity index (χ1n) is 5.20. The van der Waals surface area contributed by atoms with Crippen molar-refractivity contribution in [2.24, 2.45) is 0 Å². The van der Waals surface area contributed by atoms with E-state index >= 15 is 0 Å². The monoisotopic (exact) mass is 271 g/mol. The van der Waals surface area contributed by atoms with E-state index in [4.69, 9.17) is 11.6 Å². The fraction of sp³-hybridized carbons (Fsp3) is 0.0769. The first-order chi connectivity index (χ1) is 8.58. The smallest absolute Gasteiger partial charge is 0.150 e. The summed E-state index contributed by atoms with van der Waals surface area (Å²) >= 11 is 5.70. The molecule has 94 valence electrons. The molecule has 0 heterocycles. The van der Waals surface area contributed by atoms with Gasteiger partial charge >= 0.3 is 0 Å². The molecule has 0 aliphatic carbocycles. The van der Waals surface area contributed by atoms with Gasteiger partial charge in [-0.1, -0.05) is 29.8 Å². The third kappa shape index (κ3) is 2.76. The summed E-state index contributed by atoms with van der Waals surface area (Å²) in [6, 6.07) is 7.81. The molecule has 5 heteroatoms. The fourth-order valence-electron chi connectivity index (χ4n) is 1.54. The van der Waals surface area contributed by atoms with Gasteiger partial charge in [-0.25, -0.2) is 13.2 Å². The van der Waals surface area contributed by atoms with Crippen LogP contribution in [0.3, 0.4) is 0 Å². The normalized spacial score (nSPS) is 10.4. The number of halogens is 4. The second kappa shape index (κ2) is 5.31. The van der Waals surface area contributed by atoms with Gasteiger partial charge in [0, 0.05) is 18.2 Å². The SMILES string of the molecule is Fc1cc(F)c(NCc2ccccc2F)c(Cl)c1. The second-order valence-electron chi connectivity index (χ2n) is 3.69. The van der Waals surface area contributed by atoms with Gasteiger partial charge in [0.15, 0.2) is 5.82 Å². The van der Waals surface area contributed by atoms with Gasteiger partial charge < -0.3 is 5.32 Å². The lowest BCUT2D eigenvalue weighted by Crippen LogP contribution is -2.04. The maximum atomic E-state index is 13.4. The van der Waals surface area contributed by atoms with Gasteiger partial charge in [0.1, 0.15) is 11.6 Å². The number of anilines is 1. The Balaban J connectivity index is 2.19. The zero-order chi connectivity index (χ0) is 13.1. The Labute approximate surface area is 107 Å². The average Bonchev–Trinajstić information content (AvgIpc) is 2.30. The molecule has 2 rings (SSSR count). The van der Waals surface area contributed by atoms with Crippen LogP contribution in [-0.4, -0.2) is 0 Å². The molecule has 0 aliphatic heterocycles. The fourth-order valence-corrected chi connectivity index (χ4v) is 1.80. The summed E-state index contributed by atoms with van der Waals surface area (Å²) < 4.78 is 39.6. The molecule has 0 saturated carbocycles. The van der Waals surface area contributed by atoms with Gasteiger partial charge in [-0.15, -0.1) is 0 Å². The van der Waals surface area contributed by atoms with Crippen LogP contribution >= 0.6 is 11.6 Å². The van der Waals surface area contributed by atoms with Gasteiger partial charge in [-0.05, 0) is 12.1 Å². The third-order valence-electron chi connectivity index (χ3n) is 2.42. The predicted molar refractivity (Wildman–Crippen MR) is 65.1 cm³/mol. The van der Waals surface area contributed by atoms with Crippen molar-refractivity contribution in [2.75, 3.05) is 5.32 Å². The molecule has 2 aromatic rings. The minimum atomic E-state index is -0.809. The van der Waals surface area contributed by atoms with Crippen LogP contribution in [0.25, 0.3) is 0 Å². The molecule has 0 bridgehead atoms. The number of rotatable bonds is 3. The van der Waals surface area contributed by atoms with E-state index in [1.54, 1.807) is 18.2 Å². The van der Waals surface area contributed by atoms with Crippen LogP contribution in [0.4, 0.5) is 18.9 Å². The molecule has 0 amide bonds. The summed E-state index contributed by atoms with van der Waals surface area (Å²) in [5, 5.41) is 2.57. The molecule has 0 aliphatic rings. The van der Waals surface area contributed by atoms with E-state index in [2.05, 4.69) is 5.32 Å². The zero-order valence-corrected chi connectivity index (χ0v) is 9.94. The quantitative estimate of drug-likeness (QED) is 0.874. The van der Waals surface area contributed by atoms with Gasteiger partial charge in [0.05, 0.1) is 10.7 Å². The third-order valence-corrected chi connectivity index (χ3v) is 2.72. The summed E-state index contributed by atoms with van der Waals surface area (Å²) in [5.41, 5.74) is 0.332. The summed E-state index contributed by atoms with van der Waals surface area (Å²) in [5.74, 6) is -1.96. The van der Waals surface area contributed by atoms with Crippen LogP contribution < -0.4 is 5.32 Å². The van der Waals surface area contributed by atoms with Crippen molar-refractivity contribution in [1.82, 2.24) is 0 Å². The van der Waals surface area contributed by atoms with E-state index in [1.165, 1.54) is 6.07 Å². The minimum absolute atomic E-state index is 0.0404. The average molecular weight is 272 g/mol. The topological polar surface area (TPSA) is 12.0 Å². The van der Waals surface area contributed by atoms with E-state index in [0.717, 1.165) is 12.1 Å². The molecule has 0 fully saturated rings. The van der Waals surface area contributed by atoms with Crippen molar-refractivity contribution in [3.8, 4) is 0 Å². The lowest BCUT2D eigenvalue weighted by Gasteiger charge is -2.10.